The molecule has 27 heavy (non-hydrogen) atoms. The number of aromatic hydroxyl groups is 3. The first-order valence-corrected chi connectivity index (χ1v) is 8.02. The number of Topliss-reactive ketones (excluding diaryl/α,β-unsaturated/α-hetero) is 3. The highest BCUT2D eigenvalue weighted by atomic mass is 16.3. The van der Waals surface area contributed by atoms with Crippen LogP contribution >= 0.6 is 0 Å². The van der Waals surface area contributed by atoms with Crippen LogP contribution in [0.3, 0.4) is 0 Å². The highest BCUT2D eigenvalue weighted by molar-refractivity contribution is 6.60. The summed E-state index contributed by atoms with van der Waals surface area (Å²) in [5, 5.41) is 31.4. The maximum absolute atomic E-state index is 12.7. The van der Waals surface area contributed by atoms with Gasteiger partial charge in [-0.3, -0.25) is 14.4 Å². The number of phenolic OH excluding ortho intramolecular Hbond substituents is 3. The van der Waals surface area contributed by atoms with Crippen LogP contribution in [0.25, 0.3) is 16.8 Å². The molecule has 0 radical (unpaired) electrons. The van der Waals surface area contributed by atoms with E-state index in [4.69, 9.17) is 0 Å². The van der Waals surface area contributed by atoms with Crippen LogP contribution in [-0.4, -0.2) is 32.7 Å². The molecule has 6 heteroatoms. The predicted octanol–water partition coefficient (Wildman–Crippen LogP) is 2.99. The fourth-order valence-corrected chi connectivity index (χ4v) is 3.19. The molecule has 3 aromatic carbocycles. The Bertz CT molecular complexity index is 1200. The van der Waals surface area contributed by atoms with E-state index in [0.29, 0.717) is 0 Å². The van der Waals surface area contributed by atoms with Gasteiger partial charge in [-0.25, -0.2) is 0 Å². The third-order valence-corrected chi connectivity index (χ3v) is 4.57. The Morgan fingerprint density at radius 2 is 1.11 bits per heavy atom. The summed E-state index contributed by atoms with van der Waals surface area (Å²) in [6.07, 6.45) is 0.940. The molecule has 0 bridgehead atoms. The Morgan fingerprint density at radius 3 is 1.74 bits per heavy atom. The zero-order chi connectivity index (χ0) is 19.3. The lowest BCUT2D eigenvalue weighted by Gasteiger charge is -2.16. The smallest absolute Gasteiger partial charge is 0.237 e. The van der Waals surface area contributed by atoms with E-state index in [-0.39, 0.29) is 27.5 Å². The van der Waals surface area contributed by atoms with Crippen LogP contribution < -0.4 is 0 Å². The first-order valence-electron chi connectivity index (χ1n) is 8.02. The number of fused-ring (bicyclic) bond motifs is 2. The van der Waals surface area contributed by atoms with Crippen molar-refractivity contribution in [3.63, 3.8) is 0 Å². The largest absolute Gasteiger partial charge is 0.507 e. The number of carbonyl (C=O) groups excluding carboxylic acids is 3. The van der Waals surface area contributed by atoms with Gasteiger partial charge in [0.2, 0.25) is 11.6 Å². The van der Waals surface area contributed by atoms with E-state index in [2.05, 4.69) is 0 Å². The van der Waals surface area contributed by atoms with E-state index < -0.39 is 40.2 Å². The molecular formula is C21H12O6. The zero-order valence-corrected chi connectivity index (χ0v) is 13.8. The van der Waals surface area contributed by atoms with Gasteiger partial charge in [-0.1, -0.05) is 48.5 Å². The van der Waals surface area contributed by atoms with Gasteiger partial charge in [0.15, 0.2) is 17.3 Å². The van der Waals surface area contributed by atoms with Crippen LogP contribution in [0.4, 0.5) is 0 Å². The molecule has 0 unspecified atom stereocenters. The van der Waals surface area contributed by atoms with E-state index in [0.717, 1.165) is 6.08 Å². The summed E-state index contributed by atoms with van der Waals surface area (Å²) in [5.41, 5.74) is -0.717. The van der Waals surface area contributed by atoms with Crippen molar-refractivity contribution in [2.45, 2.75) is 0 Å². The molecule has 0 amide bonds. The summed E-state index contributed by atoms with van der Waals surface area (Å²) >= 11 is 0. The van der Waals surface area contributed by atoms with Crippen LogP contribution in [0, 0.1) is 0 Å². The van der Waals surface area contributed by atoms with Gasteiger partial charge in [-0.15, -0.1) is 0 Å². The fraction of sp³-hybridized carbons (Fsp3) is 0. The maximum atomic E-state index is 12.7. The second-order valence-electron chi connectivity index (χ2n) is 6.10. The van der Waals surface area contributed by atoms with Crippen molar-refractivity contribution in [3.8, 4) is 17.2 Å². The van der Waals surface area contributed by atoms with Crippen LogP contribution in [-0.2, 0) is 4.79 Å². The highest BCUT2D eigenvalue weighted by Gasteiger charge is 2.36. The minimum atomic E-state index is -1.04. The lowest BCUT2D eigenvalue weighted by Crippen LogP contribution is -2.29. The van der Waals surface area contributed by atoms with Gasteiger partial charge in [-0.05, 0) is 6.08 Å². The average Bonchev–Trinajstić information content (AvgIpc) is 2.70. The van der Waals surface area contributed by atoms with E-state index >= 15 is 0 Å². The molecule has 0 spiro atoms. The van der Waals surface area contributed by atoms with E-state index in [1.165, 1.54) is 24.3 Å². The molecule has 0 saturated carbocycles. The van der Waals surface area contributed by atoms with Gasteiger partial charge in [0.05, 0.1) is 11.1 Å². The number of hydrogen-bond acceptors (Lipinski definition) is 6. The van der Waals surface area contributed by atoms with Gasteiger partial charge >= 0.3 is 0 Å². The number of allylic oxidation sites excluding steroid dienone is 1. The zero-order valence-electron chi connectivity index (χ0n) is 13.8. The van der Waals surface area contributed by atoms with Crippen LogP contribution in [0.1, 0.15) is 26.3 Å². The normalized spacial score (nSPS) is 15.4. The quantitative estimate of drug-likeness (QED) is 0.202. The summed E-state index contributed by atoms with van der Waals surface area (Å²) in [6.45, 7) is 0. The van der Waals surface area contributed by atoms with Crippen molar-refractivity contribution in [2.24, 2.45) is 0 Å². The van der Waals surface area contributed by atoms with Crippen molar-refractivity contribution in [1.82, 2.24) is 0 Å². The number of rotatable bonds is 1. The Morgan fingerprint density at radius 1 is 0.593 bits per heavy atom. The number of benzene rings is 3. The summed E-state index contributed by atoms with van der Waals surface area (Å²) in [5.74, 6) is -4.18. The minimum Gasteiger partial charge on any atom is -0.507 e. The minimum absolute atomic E-state index is 0.0134. The van der Waals surface area contributed by atoms with Gasteiger partial charge < -0.3 is 15.3 Å². The van der Waals surface area contributed by atoms with E-state index in [1.807, 2.05) is 0 Å². The van der Waals surface area contributed by atoms with Crippen LogP contribution in [0.15, 0.2) is 54.1 Å². The van der Waals surface area contributed by atoms with Crippen molar-refractivity contribution in [3.05, 3.63) is 70.8 Å². The molecule has 0 aliphatic heterocycles. The average molecular weight is 360 g/mol. The molecule has 132 valence electrons. The summed E-state index contributed by atoms with van der Waals surface area (Å²) in [4.78, 5) is 37.4. The third-order valence-electron chi connectivity index (χ3n) is 4.57. The lowest BCUT2D eigenvalue weighted by molar-refractivity contribution is -0.111. The first kappa shape index (κ1) is 16.5. The van der Waals surface area contributed by atoms with Gasteiger partial charge in [0, 0.05) is 21.9 Å². The number of ketones is 3. The summed E-state index contributed by atoms with van der Waals surface area (Å²) in [6, 6.07) is 12.2. The van der Waals surface area contributed by atoms with Crippen molar-refractivity contribution >= 4 is 34.2 Å². The Kier molecular flexibility index (Phi) is 3.56. The van der Waals surface area contributed by atoms with Crippen molar-refractivity contribution in [2.75, 3.05) is 0 Å². The molecule has 3 N–H and O–H groups in total. The molecule has 1 aliphatic rings. The van der Waals surface area contributed by atoms with E-state index in [9.17, 15) is 29.7 Å². The first-order chi connectivity index (χ1) is 12.9. The molecule has 0 saturated heterocycles. The summed E-state index contributed by atoms with van der Waals surface area (Å²) in [7, 11) is 0. The number of carbonyl (C=O) groups is 3. The Labute approximate surface area is 152 Å². The van der Waals surface area contributed by atoms with Crippen LogP contribution in [0.5, 0.6) is 17.2 Å². The highest BCUT2D eigenvalue weighted by Crippen LogP contribution is 2.45. The topological polar surface area (TPSA) is 112 Å². The summed E-state index contributed by atoms with van der Waals surface area (Å²) < 4.78 is 0. The van der Waals surface area contributed by atoms with Gasteiger partial charge in [0.25, 0.3) is 0 Å². The molecule has 0 atom stereocenters. The molecule has 0 fully saturated rings. The number of hydrogen-bond donors (Lipinski definition) is 3. The van der Waals surface area contributed by atoms with Gasteiger partial charge in [0.1, 0.15) is 5.75 Å². The molecule has 6 nitrogen and oxygen atoms in total. The SMILES string of the molecule is O=C1C(=O)c2ccccc2C(=O)/C1=C\c1c(O)c(O)c2ccccc2c1O. The maximum Gasteiger partial charge on any atom is 0.237 e. The Balaban J connectivity index is 1.99. The van der Waals surface area contributed by atoms with E-state index in [1.54, 1.807) is 24.3 Å². The molecule has 1 aliphatic carbocycles. The standard InChI is InChI=1S/C21H12O6/c22-16-10-5-1-3-7-12(10)18(24)20(26)14(16)9-15-17(23)11-6-2-4-8-13(11)19(25)21(15)27/h1-9,22,24,26H/b15-9+. The lowest BCUT2D eigenvalue weighted by atomic mass is 9.84. The predicted molar refractivity (Wildman–Crippen MR) is 97.0 cm³/mol. The van der Waals surface area contributed by atoms with Crippen molar-refractivity contribution < 1.29 is 29.7 Å². The molecule has 0 heterocycles. The van der Waals surface area contributed by atoms with Gasteiger partial charge in [-0.2, -0.15) is 0 Å². The monoisotopic (exact) mass is 360 g/mol. The molecule has 4 rings (SSSR count). The number of phenols is 3. The molecule has 3 aromatic rings. The Hall–Kier alpha value is -3.93. The van der Waals surface area contributed by atoms with Crippen LogP contribution in [0.2, 0.25) is 0 Å². The van der Waals surface area contributed by atoms with Crippen molar-refractivity contribution in [1.29, 1.82) is 0 Å². The fourth-order valence-electron chi connectivity index (χ4n) is 3.19. The second-order valence-corrected chi connectivity index (χ2v) is 6.10. The second kappa shape index (κ2) is 5.81. The molecule has 0 aromatic heterocycles. The molecular weight excluding hydrogens is 348 g/mol. The third kappa shape index (κ3) is 2.31.